The van der Waals surface area contributed by atoms with Crippen LogP contribution in [0, 0.1) is 0 Å². The van der Waals surface area contributed by atoms with Gasteiger partial charge in [0.05, 0.1) is 0 Å². The summed E-state index contributed by atoms with van der Waals surface area (Å²) in [6.45, 7) is 0.999. The number of halogens is 1. The molecule has 78 valence electrons. The van der Waals surface area contributed by atoms with Crippen molar-refractivity contribution < 1.29 is 0 Å². The third-order valence-corrected chi connectivity index (χ3v) is 2.30. The summed E-state index contributed by atoms with van der Waals surface area (Å²) in [5, 5.41) is 3.28. The number of anilines is 1. The van der Waals surface area contributed by atoms with Crippen LogP contribution in [0.4, 0.5) is 5.82 Å². The molecule has 2 nitrogen and oxygen atoms in total. The summed E-state index contributed by atoms with van der Waals surface area (Å²) in [6, 6.07) is 5.90. The van der Waals surface area contributed by atoms with Crippen molar-refractivity contribution in [3.8, 4) is 0 Å². The first-order valence-corrected chi connectivity index (χ1v) is 5.68. The van der Waals surface area contributed by atoms with Gasteiger partial charge in [-0.1, -0.05) is 18.9 Å². The zero-order chi connectivity index (χ0) is 10.1. The van der Waals surface area contributed by atoms with E-state index in [2.05, 4.69) is 10.3 Å². The smallest absolute Gasteiger partial charge is 0.125 e. The molecule has 14 heavy (non-hydrogen) atoms. The number of aromatic nitrogens is 1. The van der Waals surface area contributed by atoms with Gasteiger partial charge in [0.1, 0.15) is 5.82 Å². The third-order valence-electron chi connectivity index (χ3n) is 2.03. The molecule has 0 saturated carbocycles. The highest BCUT2D eigenvalue weighted by atomic mass is 35.5. The fraction of sp³-hybridized carbons (Fsp3) is 0.545. The Balaban J connectivity index is 1.99. The third kappa shape index (κ3) is 5.07. The summed E-state index contributed by atoms with van der Waals surface area (Å²) < 4.78 is 0. The molecule has 0 aliphatic heterocycles. The van der Waals surface area contributed by atoms with Crippen LogP contribution in [0.3, 0.4) is 0 Å². The molecule has 0 aliphatic carbocycles. The van der Waals surface area contributed by atoms with Crippen molar-refractivity contribution in [2.24, 2.45) is 0 Å². The second kappa shape index (κ2) is 7.63. The van der Waals surface area contributed by atoms with E-state index < -0.39 is 0 Å². The van der Waals surface area contributed by atoms with Gasteiger partial charge in [0.2, 0.25) is 0 Å². The van der Waals surface area contributed by atoms with Crippen LogP contribution in [-0.4, -0.2) is 17.4 Å². The molecule has 0 atom stereocenters. The van der Waals surface area contributed by atoms with Gasteiger partial charge in [-0.15, -0.1) is 11.6 Å². The Bertz CT molecular complexity index is 226. The normalized spacial score (nSPS) is 10.1. The van der Waals surface area contributed by atoms with Crippen molar-refractivity contribution in [2.45, 2.75) is 25.7 Å². The summed E-state index contributed by atoms with van der Waals surface area (Å²) in [7, 11) is 0. The summed E-state index contributed by atoms with van der Waals surface area (Å²) in [4.78, 5) is 4.18. The topological polar surface area (TPSA) is 24.9 Å². The lowest BCUT2D eigenvalue weighted by atomic mass is 10.2. The van der Waals surface area contributed by atoms with E-state index in [9.17, 15) is 0 Å². The molecular formula is C11H17ClN2. The van der Waals surface area contributed by atoms with Crippen LogP contribution < -0.4 is 5.32 Å². The van der Waals surface area contributed by atoms with Gasteiger partial charge >= 0.3 is 0 Å². The summed E-state index contributed by atoms with van der Waals surface area (Å²) in [5.41, 5.74) is 0. The maximum atomic E-state index is 5.58. The predicted molar refractivity (Wildman–Crippen MR) is 61.9 cm³/mol. The van der Waals surface area contributed by atoms with Crippen LogP contribution in [-0.2, 0) is 0 Å². The minimum Gasteiger partial charge on any atom is -0.370 e. The number of pyridine rings is 1. The van der Waals surface area contributed by atoms with E-state index in [1.807, 2.05) is 18.2 Å². The minimum absolute atomic E-state index is 0.785. The Hall–Kier alpha value is -0.760. The molecule has 0 amide bonds. The summed E-state index contributed by atoms with van der Waals surface area (Å²) >= 11 is 5.58. The fourth-order valence-electron chi connectivity index (χ4n) is 1.26. The predicted octanol–water partition coefficient (Wildman–Crippen LogP) is 3.29. The van der Waals surface area contributed by atoms with Crippen LogP contribution in [0.15, 0.2) is 24.4 Å². The highest BCUT2D eigenvalue weighted by molar-refractivity contribution is 6.17. The van der Waals surface area contributed by atoms with Crippen molar-refractivity contribution >= 4 is 17.4 Å². The van der Waals surface area contributed by atoms with E-state index in [-0.39, 0.29) is 0 Å². The molecule has 0 radical (unpaired) electrons. The fourth-order valence-corrected chi connectivity index (χ4v) is 1.45. The number of nitrogens with one attached hydrogen (secondary N) is 1. The molecule has 1 N–H and O–H groups in total. The maximum Gasteiger partial charge on any atom is 0.125 e. The van der Waals surface area contributed by atoms with E-state index in [0.29, 0.717) is 0 Å². The molecule has 1 aromatic heterocycles. The first-order chi connectivity index (χ1) is 6.93. The van der Waals surface area contributed by atoms with Crippen molar-refractivity contribution in [2.75, 3.05) is 17.7 Å². The molecule has 0 aliphatic rings. The lowest BCUT2D eigenvalue weighted by Gasteiger charge is -2.04. The van der Waals surface area contributed by atoms with Crippen molar-refractivity contribution in [3.63, 3.8) is 0 Å². The molecule has 3 heteroatoms. The minimum atomic E-state index is 0.785. The SMILES string of the molecule is ClCCCCCCNc1ccccn1. The molecule has 0 saturated heterocycles. The zero-order valence-corrected chi connectivity index (χ0v) is 9.13. The second-order valence-electron chi connectivity index (χ2n) is 3.24. The van der Waals surface area contributed by atoms with Gasteiger partial charge in [-0.25, -0.2) is 4.98 Å². The van der Waals surface area contributed by atoms with Gasteiger partial charge in [-0.05, 0) is 25.0 Å². The molecule has 1 heterocycles. The highest BCUT2D eigenvalue weighted by Gasteiger charge is 1.91. The van der Waals surface area contributed by atoms with Crippen molar-refractivity contribution in [1.29, 1.82) is 0 Å². The van der Waals surface area contributed by atoms with Crippen LogP contribution in [0.1, 0.15) is 25.7 Å². The van der Waals surface area contributed by atoms with E-state index in [0.717, 1.165) is 24.7 Å². The average molecular weight is 213 g/mol. The van der Waals surface area contributed by atoms with Crippen LogP contribution >= 0.6 is 11.6 Å². The molecule has 0 aromatic carbocycles. The monoisotopic (exact) mass is 212 g/mol. The Kier molecular flexibility index (Phi) is 6.16. The molecule has 1 aromatic rings. The molecule has 0 unspecified atom stereocenters. The van der Waals surface area contributed by atoms with E-state index in [4.69, 9.17) is 11.6 Å². The number of nitrogens with zero attached hydrogens (tertiary/aromatic N) is 1. The zero-order valence-electron chi connectivity index (χ0n) is 8.38. The Morgan fingerprint density at radius 3 is 2.71 bits per heavy atom. The lowest BCUT2D eigenvalue weighted by Crippen LogP contribution is -2.02. The largest absolute Gasteiger partial charge is 0.370 e. The number of hydrogen-bond acceptors (Lipinski definition) is 2. The van der Waals surface area contributed by atoms with Gasteiger partial charge in [0, 0.05) is 18.6 Å². The van der Waals surface area contributed by atoms with Crippen molar-refractivity contribution in [1.82, 2.24) is 4.98 Å². The first kappa shape index (κ1) is 11.3. The van der Waals surface area contributed by atoms with Crippen LogP contribution in [0.25, 0.3) is 0 Å². The van der Waals surface area contributed by atoms with E-state index in [1.165, 1.54) is 19.3 Å². The lowest BCUT2D eigenvalue weighted by molar-refractivity contribution is 0.687. The Morgan fingerprint density at radius 2 is 2.00 bits per heavy atom. The quantitative estimate of drug-likeness (QED) is 0.554. The maximum absolute atomic E-state index is 5.58. The molecular weight excluding hydrogens is 196 g/mol. The average Bonchev–Trinajstić information content (AvgIpc) is 2.25. The first-order valence-electron chi connectivity index (χ1n) is 5.14. The number of hydrogen-bond donors (Lipinski definition) is 1. The molecule has 0 spiro atoms. The van der Waals surface area contributed by atoms with Gasteiger partial charge < -0.3 is 5.32 Å². The van der Waals surface area contributed by atoms with E-state index >= 15 is 0 Å². The summed E-state index contributed by atoms with van der Waals surface area (Å²) in [6.07, 6.45) is 6.59. The molecule has 0 fully saturated rings. The Morgan fingerprint density at radius 1 is 1.14 bits per heavy atom. The van der Waals surface area contributed by atoms with E-state index in [1.54, 1.807) is 6.20 Å². The highest BCUT2D eigenvalue weighted by Crippen LogP contribution is 2.03. The van der Waals surface area contributed by atoms with Crippen molar-refractivity contribution in [3.05, 3.63) is 24.4 Å². The van der Waals surface area contributed by atoms with Gasteiger partial charge in [0.15, 0.2) is 0 Å². The van der Waals surface area contributed by atoms with Crippen LogP contribution in [0.5, 0.6) is 0 Å². The van der Waals surface area contributed by atoms with Crippen LogP contribution in [0.2, 0.25) is 0 Å². The number of rotatable bonds is 7. The number of unbranched alkanes of at least 4 members (excludes halogenated alkanes) is 3. The summed E-state index contributed by atoms with van der Waals surface area (Å²) in [5.74, 6) is 1.75. The van der Waals surface area contributed by atoms with Gasteiger partial charge in [-0.2, -0.15) is 0 Å². The molecule has 1 rings (SSSR count). The van der Waals surface area contributed by atoms with Gasteiger partial charge in [-0.3, -0.25) is 0 Å². The number of alkyl halides is 1. The standard InChI is InChI=1S/C11H17ClN2/c12-8-4-1-2-5-9-13-11-7-3-6-10-14-11/h3,6-7,10H,1-2,4-5,8-9H2,(H,13,14). The second-order valence-corrected chi connectivity index (χ2v) is 3.62. The van der Waals surface area contributed by atoms with Gasteiger partial charge in [0.25, 0.3) is 0 Å². The Labute approximate surface area is 90.7 Å². The molecule has 0 bridgehead atoms.